The molecule has 7 heteroatoms. The fourth-order valence-corrected chi connectivity index (χ4v) is 4.55. The number of ether oxygens (including phenoxy) is 1. The standard InChI is InChI=1S/C23H29N3O3S/c1-13-14(2)30-22-19(13)21(28)24-17(25-22)10-11-18(27)26-20(23(3,4)5)15-8-7-9-16(12-15)29-6/h7-9,12,20H,10-11H2,1-6H3,(H,26,27)(H,24,25,28)/t20-/m1/s1. The van der Waals surface area contributed by atoms with Crippen LogP contribution in [0.2, 0.25) is 0 Å². The van der Waals surface area contributed by atoms with Crippen molar-refractivity contribution in [3.63, 3.8) is 0 Å². The van der Waals surface area contributed by atoms with Gasteiger partial charge in [-0.2, -0.15) is 0 Å². The molecule has 160 valence electrons. The highest BCUT2D eigenvalue weighted by atomic mass is 32.1. The van der Waals surface area contributed by atoms with Gasteiger partial charge >= 0.3 is 0 Å². The zero-order valence-corrected chi connectivity index (χ0v) is 19.2. The van der Waals surface area contributed by atoms with Gasteiger partial charge in [0.15, 0.2) is 0 Å². The van der Waals surface area contributed by atoms with Gasteiger partial charge in [-0.1, -0.05) is 32.9 Å². The highest BCUT2D eigenvalue weighted by molar-refractivity contribution is 7.18. The first kappa shape index (κ1) is 22.0. The Hall–Kier alpha value is -2.67. The molecule has 0 bridgehead atoms. The van der Waals surface area contributed by atoms with Crippen molar-refractivity contribution in [2.24, 2.45) is 5.41 Å². The zero-order chi connectivity index (χ0) is 22.1. The predicted molar refractivity (Wildman–Crippen MR) is 121 cm³/mol. The number of thiophene rings is 1. The molecule has 6 nitrogen and oxygen atoms in total. The number of benzene rings is 1. The highest BCUT2D eigenvalue weighted by Gasteiger charge is 2.28. The van der Waals surface area contributed by atoms with E-state index in [1.165, 1.54) is 11.3 Å². The van der Waals surface area contributed by atoms with E-state index in [0.717, 1.165) is 26.6 Å². The molecule has 0 spiro atoms. The minimum Gasteiger partial charge on any atom is -0.497 e. The van der Waals surface area contributed by atoms with E-state index in [4.69, 9.17) is 4.74 Å². The average molecular weight is 428 g/mol. The molecule has 0 fully saturated rings. The van der Waals surface area contributed by atoms with Gasteiger partial charge in [0.1, 0.15) is 16.4 Å². The van der Waals surface area contributed by atoms with Gasteiger partial charge in [-0.25, -0.2) is 4.98 Å². The number of hydrogen-bond acceptors (Lipinski definition) is 5. The number of carbonyl (C=O) groups excluding carboxylic acids is 1. The van der Waals surface area contributed by atoms with E-state index in [1.54, 1.807) is 7.11 Å². The predicted octanol–water partition coefficient (Wildman–Crippen LogP) is 4.45. The van der Waals surface area contributed by atoms with Gasteiger partial charge in [-0.05, 0) is 42.5 Å². The van der Waals surface area contributed by atoms with Crippen molar-refractivity contribution in [1.29, 1.82) is 0 Å². The summed E-state index contributed by atoms with van der Waals surface area (Å²) < 4.78 is 5.33. The fourth-order valence-electron chi connectivity index (χ4n) is 3.50. The van der Waals surface area contributed by atoms with E-state index in [2.05, 4.69) is 36.1 Å². The van der Waals surface area contributed by atoms with Crippen LogP contribution in [0.25, 0.3) is 10.2 Å². The zero-order valence-electron chi connectivity index (χ0n) is 18.4. The Labute approximate surface area is 180 Å². The number of aryl methyl sites for hydroxylation is 3. The van der Waals surface area contributed by atoms with Crippen molar-refractivity contribution in [1.82, 2.24) is 15.3 Å². The topological polar surface area (TPSA) is 84.1 Å². The molecule has 2 N–H and O–H groups in total. The first-order chi connectivity index (χ1) is 14.1. The van der Waals surface area contributed by atoms with Crippen molar-refractivity contribution in [2.75, 3.05) is 7.11 Å². The number of nitrogens with one attached hydrogen (secondary N) is 2. The lowest BCUT2D eigenvalue weighted by atomic mass is 9.82. The lowest BCUT2D eigenvalue weighted by Crippen LogP contribution is -2.36. The maximum Gasteiger partial charge on any atom is 0.259 e. The first-order valence-electron chi connectivity index (χ1n) is 10.0. The van der Waals surface area contributed by atoms with Gasteiger partial charge in [-0.3, -0.25) is 9.59 Å². The molecular weight excluding hydrogens is 398 g/mol. The lowest BCUT2D eigenvalue weighted by molar-refractivity contribution is -0.122. The number of aromatic amines is 1. The Morgan fingerprint density at radius 2 is 2.03 bits per heavy atom. The maximum atomic E-state index is 12.7. The highest BCUT2D eigenvalue weighted by Crippen LogP contribution is 2.34. The molecule has 2 aromatic heterocycles. The molecule has 0 unspecified atom stereocenters. The summed E-state index contributed by atoms with van der Waals surface area (Å²) in [6.07, 6.45) is 0.621. The number of carbonyl (C=O) groups is 1. The van der Waals surface area contributed by atoms with Crippen molar-refractivity contribution >= 4 is 27.5 Å². The summed E-state index contributed by atoms with van der Waals surface area (Å²) in [5.41, 5.74) is 1.65. The molecule has 0 aliphatic rings. The van der Waals surface area contributed by atoms with Crippen LogP contribution < -0.4 is 15.6 Å². The second-order valence-electron chi connectivity index (χ2n) is 8.62. The van der Waals surface area contributed by atoms with Gasteiger partial charge in [0.2, 0.25) is 5.91 Å². The minimum absolute atomic E-state index is 0.0842. The third-order valence-corrected chi connectivity index (χ3v) is 6.38. The third kappa shape index (κ3) is 4.73. The maximum absolute atomic E-state index is 12.7. The van der Waals surface area contributed by atoms with Gasteiger partial charge < -0.3 is 15.0 Å². The molecule has 3 rings (SSSR count). The number of fused-ring (bicyclic) bond motifs is 1. The largest absolute Gasteiger partial charge is 0.497 e. The van der Waals surface area contributed by atoms with E-state index in [1.807, 2.05) is 38.1 Å². The minimum atomic E-state index is -0.181. The fraction of sp³-hybridized carbons (Fsp3) is 0.435. The van der Waals surface area contributed by atoms with E-state index < -0.39 is 0 Å². The van der Waals surface area contributed by atoms with Gasteiger partial charge in [-0.15, -0.1) is 11.3 Å². The molecule has 3 aromatic rings. The Kier molecular flexibility index (Phi) is 6.31. The van der Waals surface area contributed by atoms with Crippen molar-refractivity contribution in [3.05, 3.63) is 56.4 Å². The van der Waals surface area contributed by atoms with Crippen molar-refractivity contribution < 1.29 is 9.53 Å². The van der Waals surface area contributed by atoms with Crippen LogP contribution >= 0.6 is 11.3 Å². The normalized spacial score (nSPS) is 12.7. The summed E-state index contributed by atoms with van der Waals surface area (Å²) in [5, 5.41) is 3.80. The second-order valence-corrected chi connectivity index (χ2v) is 9.82. The van der Waals surface area contributed by atoms with Crippen LogP contribution in [0.4, 0.5) is 0 Å². The molecule has 0 saturated heterocycles. The third-order valence-electron chi connectivity index (χ3n) is 5.28. The van der Waals surface area contributed by atoms with Crippen LogP contribution in [-0.2, 0) is 11.2 Å². The van der Waals surface area contributed by atoms with Crippen LogP contribution in [-0.4, -0.2) is 23.0 Å². The monoisotopic (exact) mass is 427 g/mol. The Bertz CT molecular complexity index is 1120. The average Bonchev–Trinajstić information content (AvgIpc) is 2.97. The summed E-state index contributed by atoms with van der Waals surface area (Å²) in [7, 11) is 1.63. The number of hydrogen-bond donors (Lipinski definition) is 2. The van der Waals surface area contributed by atoms with Crippen molar-refractivity contribution in [2.45, 2.75) is 53.5 Å². The van der Waals surface area contributed by atoms with E-state index in [-0.39, 0.29) is 29.3 Å². The molecule has 0 aliphatic heterocycles. The summed E-state index contributed by atoms with van der Waals surface area (Å²) >= 11 is 1.51. The number of H-pyrrole nitrogens is 1. The summed E-state index contributed by atoms with van der Waals surface area (Å²) in [6.45, 7) is 10.2. The Morgan fingerprint density at radius 3 is 2.70 bits per heavy atom. The van der Waals surface area contributed by atoms with E-state index in [0.29, 0.717) is 17.6 Å². The Balaban J connectivity index is 1.75. The first-order valence-corrected chi connectivity index (χ1v) is 10.8. The number of methoxy groups -OCH3 is 1. The van der Waals surface area contributed by atoms with Gasteiger partial charge in [0.05, 0.1) is 18.5 Å². The summed E-state index contributed by atoms with van der Waals surface area (Å²) in [4.78, 5) is 34.4. The number of nitrogens with zero attached hydrogens (tertiary/aromatic N) is 1. The molecule has 0 aliphatic carbocycles. The molecule has 30 heavy (non-hydrogen) atoms. The van der Waals surface area contributed by atoms with E-state index >= 15 is 0 Å². The number of rotatable bonds is 6. The molecule has 2 heterocycles. The van der Waals surface area contributed by atoms with Gasteiger partial charge in [0, 0.05) is 17.7 Å². The van der Waals surface area contributed by atoms with Crippen molar-refractivity contribution in [3.8, 4) is 5.75 Å². The number of amides is 1. The molecule has 0 radical (unpaired) electrons. The molecule has 1 amide bonds. The SMILES string of the molecule is COc1cccc([C@@H](NC(=O)CCc2nc3sc(C)c(C)c3c(=O)[nH]2)C(C)(C)C)c1. The molecular formula is C23H29N3O3S. The van der Waals surface area contributed by atoms with E-state index in [9.17, 15) is 9.59 Å². The molecule has 0 saturated carbocycles. The van der Waals surface area contributed by atoms with Crippen LogP contribution in [0.1, 0.15) is 55.1 Å². The van der Waals surface area contributed by atoms with Gasteiger partial charge in [0.25, 0.3) is 5.56 Å². The smallest absolute Gasteiger partial charge is 0.259 e. The van der Waals surface area contributed by atoms with Crippen LogP contribution in [0.5, 0.6) is 5.75 Å². The number of aromatic nitrogens is 2. The lowest BCUT2D eigenvalue weighted by Gasteiger charge is -2.32. The quantitative estimate of drug-likeness (QED) is 0.609. The molecule has 1 aromatic carbocycles. The van der Waals surface area contributed by atoms with Crippen LogP contribution in [0.3, 0.4) is 0 Å². The Morgan fingerprint density at radius 1 is 1.30 bits per heavy atom. The van der Waals surface area contributed by atoms with Crippen LogP contribution in [0, 0.1) is 19.3 Å². The van der Waals surface area contributed by atoms with Crippen LogP contribution in [0.15, 0.2) is 29.1 Å². The summed E-state index contributed by atoms with van der Waals surface area (Å²) in [5.74, 6) is 1.21. The molecule has 1 atom stereocenters. The summed E-state index contributed by atoms with van der Waals surface area (Å²) in [6, 6.07) is 7.58. The second kappa shape index (κ2) is 8.60.